The number of ether oxygens (including phenoxy) is 1. The normalized spacial score (nSPS) is 19.6. The fraction of sp³-hybridized carbons (Fsp3) is 0.308. The van der Waals surface area contributed by atoms with E-state index in [1.54, 1.807) is 0 Å². The number of hydrogen-bond donors (Lipinski definition) is 1. The Bertz CT molecular complexity index is 581. The zero-order valence-electron chi connectivity index (χ0n) is 10.1. The molecule has 1 aromatic carbocycles. The topological polar surface area (TPSA) is 39.1 Å². The van der Waals surface area contributed by atoms with E-state index >= 15 is 0 Å². The summed E-state index contributed by atoms with van der Waals surface area (Å²) in [5, 5.41) is 4.08. The Labute approximate surface area is 130 Å². The fourth-order valence-corrected chi connectivity index (χ4v) is 3.31. The number of nitrogens with zero attached hydrogens (tertiary/aromatic N) is 2. The smallest absolute Gasteiger partial charge is 0.112 e. The highest BCUT2D eigenvalue weighted by Gasteiger charge is 2.20. The van der Waals surface area contributed by atoms with E-state index in [9.17, 15) is 0 Å². The van der Waals surface area contributed by atoms with Gasteiger partial charge in [-0.15, -0.1) is 0 Å². The SMILES string of the molecule is Clc1ccc(-n2cncc2C2CNCCO2)c(I)c1. The molecule has 0 amide bonds. The molecule has 2 aromatic rings. The second-order valence-electron chi connectivity index (χ2n) is 4.35. The van der Waals surface area contributed by atoms with Gasteiger partial charge in [0.1, 0.15) is 6.10 Å². The quantitative estimate of drug-likeness (QED) is 0.803. The zero-order chi connectivity index (χ0) is 13.2. The number of rotatable bonds is 2. The Morgan fingerprint density at radius 1 is 1.47 bits per heavy atom. The fourth-order valence-electron chi connectivity index (χ4n) is 2.18. The third-order valence-corrected chi connectivity index (χ3v) is 4.19. The van der Waals surface area contributed by atoms with Gasteiger partial charge in [0.05, 0.1) is 30.5 Å². The lowest BCUT2D eigenvalue weighted by molar-refractivity contribution is 0.0240. The van der Waals surface area contributed by atoms with Crippen LogP contribution in [-0.4, -0.2) is 29.2 Å². The van der Waals surface area contributed by atoms with Crippen LogP contribution in [0.4, 0.5) is 0 Å². The molecule has 1 saturated heterocycles. The molecule has 1 aromatic heterocycles. The average Bonchev–Trinajstić information content (AvgIpc) is 2.89. The Balaban J connectivity index is 1.99. The van der Waals surface area contributed by atoms with Crippen LogP contribution in [0, 0.1) is 3.57 Å². The van der Waals surface area contributed by atoms with Crippen LogP contribution >= 0.6 is 34.2 Å². The first-order valence-corrected chi connectivity index (χ1v) is 7.51. The van der Waals surface area contributed by atoms with Crippen LogP contribution in [0.15, 0.2) is 30.7 Å². The highest BCUT2D eigenvalue weighted by Crippen LogP contribution is 2.26. The summed E-state index contributed by atoms with van der Waals surface area (Å²) in [6.07, 6.45) is 3.73. The van der Waals surface area contributed by atoms with E-state index in [1.165, 1.54) is 0 Å². The summed E-state index contributed by atoms with van der Waals surface area (Å²) in [4.78, 5) is 4.26. The molecule has 2 heterocycles. The van der Waals surface area contributed by atoms with E-state index in [-0.39, 0.29) is 6.10 Å². The first kappa shape index (κ1) is 13.4. The Kier molecular flexibility index (Phi) is 4.07. The first-order valence-electron chi connectivity index (χ1n) is 6.05. The van der Waals surface area contributed by atoms with E-state index in [2.05, 4.69) is 37.5 Å². The van der Waals surface area contributed by atoms with E-state index in [1.807, 2.05) is 30.7 Å². The molecule has 1 unspecified atom stereocenters. The van der Waals surface area contributed by atoms with Gasteiger partial charge in [0, 0.05) is 21.7 Å². The molecule has 1 N–H and O–H groups in total. The molecule has 1 aliphatic rings. The van der Waals surface area contributed by atoms with Gasteiger partial charge < -0.3 is 10.1 Å². The number of hydrogen-bond acceptors (Lipinski definition) is 3. The Morgan fingerprint density at radius 2 is 2.37 bits per heavy atom. The van der Waals surface area contributed by atoms with Crippen LogP contribution in [0.1, 0.15) is 11.8 Å². The van der Waals surface area contributed by atoms with E-state index < -0.39 is 0 Å². The molecule has 6 heteroatoms. The molecular weight excluding hydrogens is 377 g/mol. The molecule has 1 atom stereocenters. The summed E-state index contributed by atoms with van der Waals surface area (Å²) in [5.41, 5.74) is 2.14. The third-order valence-electron chi connectivity index (χ3n) is 3.09. The predicted molar refractivity (Wildman–Crippen MR) is 82.9 cm³/mol. The van der Waals surface area contributed by atoms with Crippen molar-refractivity contribution in [2.75, 3.05) is 19.7 Å². The minimum Gasteiger partial charge on any atom is -0.369 e. The van der Waals surface area contributed by atoms with Crippen LogP contribution in [0.2, 0.25) is 5.02 Å². The van der Waals surface area contributed by atoms with Gasteiger partial charge in [0.25, 0.3) is 0 Å². The highest BCUT2D eigenvalue weighted by atomic mass is 127. The van der Waals surface area contributed by atoms with Crippen LogP contribution in [0.3, 0.4) is 0 Å². The largest absolute Gasteiger partial charge is 0.369 e. The lowest BCUT2D eigenvalue weighted by Gasteiger charge is -2.24. The molecule has 4 nitrogen and oxygen atoms in total. The second kappa shape index (κ2) is 5.78. The lowest BCUT2D eigenvalue weighted by atomic mass is 10.2. The molecule has 0 aliphatic carbocycles. The van der Waals surface area contributed by atoms with Gasteiger partial charge in [-0.25, -0.2) is 4.98 Å². The van der Waals surface area contributed by atoms with E-state index in [0.717, 1.165) is 39.7 Å². The van der Waals surface area contributed by atoms with Crippen LogP contribution in [-0.2, 0) is 4.74 Å². The Hall–Kier alpha value is -0.630. The number of benzene rings is 1. The van der Waals surface area contributed by atoms with Gasteiger partial charge in [0.2, 0.25) is 0 Å². The van der Waals surface area contributed by atoms with Gasteiger partial charge >= 0.3 is 0 Å². The van der Waals surface area contributed by atoms with Crippen molar-refractivity contribution < 1.29 is 4.74 Å². The predicted octanol–water partition coefficient (Wildman–Crippen LogP) is 2.79. The number of nitrogens with one attached hydrogen (secondary N) is 1. The summed E-state index contributed by atoms with van der Waals surface area (Å²) in [6.45, 7) is 2.45. The molecule has 0 bridgehead atoms. The minimum absolute atomic E-state index is 0.0442. The molecule has 0 saturated carbocycles. The lowest BCUT2D eigenvalue weighted by Crippen LogP contribution is -2.34. The molecular formula is C13H13ClIN3O. The monoisotopic (exact) mass is 389 g/mol. The maximum absolute atomic E-state index is 6.00. The van der Waals surface area contributed by atoms with Crippen LogP contribution < -0.4 is 5.32 Å². The minimum atomic E-state index is 0.0442. The van der Waals surface area contributed by atoms with Crippen molar-refractivity contribution in [3.8, 4) is 5.69 Å². The zero-order valence-corrected chi connectivity index (χ0v) is 13.1. The van der Waals surface area contributed by atoms with Crippen molar-refractivity contribution in [1.29, 1.82) is 0 Å². The summed E-state index contributed by atoms with van der Waals surface area (Å²) in [6, 6.07) is 5.84. The molecule has 100 valence electrons. The molecule has 0 spiro atoms. The standard InChI is InChI=1S/C13H13ClIN3O/c14-9-1-2-11(10(15)5-9)18-8-17-6-12(18)13-7-16-3-4-19-13/h1-2,5-6,8,13,16H,3-4,7H2. The summed E-state index contributed by atoms with van der Waals surface area (Å²) < 4.78 is 8.95. The van der Waals surface area contributed by atoms with Gasteiger partial charge in [-0.3, -0.25) is 4.57 Å². The van der Waals surface area contributed by atoms with Crippen molar-refractivity contribution in [2.45, 2.75) is 6.10 Å². The highest BCUT2D eigenvalue weighted by molar-refractivity contribution is 14.1. The second-order valence-corrected chi connectivity index (χ2v) is 5.95. The molecule has 1 aliphatic heterocycles. The molecule has 1 fully saturated rings. The van der Waals surface area contributed by atoms with Crippen LogP contribution in [0.5, 0.6) is 0 Å². The molecule has 19 heavy (non-hydrogen) atoms. The number of imidazole rings is 1. The maximum atomic E-state index is 6.00. The van der Waals surface area contributed by atoms with Crippen molar-refractivity contribution >= 4 is 34.2 Å². The maximum Gasteiger partial charge on any atom is 0.112 e. The number of aromatic nitrogens is 2. The van der Waals surface area contributed by atoms with Crippen molar-refractivity contribution in [3.63, 3.8) is 0 Å². The first-order chi connectivity index (χ1) is 9.25. The van der Waals surface area contributed by atoms with Crippen molar-refractivity contribution in [3.05, 3.63) is 45.0 Å². The summed E-state index contributed by atoms with van der Waals surface area (Å²) in [5.74, 6) is 0. The number of morpholine rings is 1. The van der Waals surface area contributed by atoms with Crippen molar-refractivity contribution in [2.24, 2.45) is 0 Å². The summed E-state index contributed by atoms with van der Waals surface area (Å²) in [7, 11) is 0. The average molecular weight is 390 g/mol. The van der Waals surface area contributed by atoms with Gasteiger partial charge in [0.15, 0.2) is 0 Å². The van der Waals surface area contributed by atoms with Crippen LogP contribution in [0.25, 0.3) is 5.69 Å². The van der Waals surface area contributed by atoms with Gasteiger partial charge in [-0.1, -0.05) is 11.6 Å². The van der Waals surface area contributed by atoms with Crippen molar-refractivity contribution in [1.82, 2.24) is 14.9 Å². The van der Waals surface area contributed by atoms with E-state index in [4.69, 9.17) is 16.3 Å². The third kappa shape index (κ3) is 2.79. The molecule has 3 rings (SSSR count). The molecule has 0 radical (unpaired) electrons. The summed E-state index contributed by atoms with van der Waals surface area (Å²) >= 11 is 8.29. The number of halogens is 2. The van der Waals surface area contributed by atoms with E-state index in [0.29, 0.717) is 0 Å². The van der Waals surface area contributed by atoms with Gasteiger partial charge in [-0.05, 0) is 40.8 Å². The Morgan fingerprint density at radius 3 is 3.11 bits per heavy atom. The van der Waals surface area contributed by atoms with Gasteiger partial charge in [-0.2, -0.15) is 0 Å².